The van der Waals surface area contributed by atoms with Crippen LogP contribution in [0.4, 0.5) is 17.6 Å². The first-order valence-electron chi connectivity index (χ1n) is 10.6. The Balaban J connectivity index is 0.000000479. The SMILES string of the molecule is CN(C)C(=O)COCCC1CCOC2(C1)CN(Cc1ccccc1F)C2.O=C(O)C(F)(F)F. The molecule has 33 heavy (non-hydrogen) atoms. The number of halogens is 4. The summed E-state index contributed by atoms with van der Waals surface area (Å²) in [5.74, 6) is -2.34. The molecule has 0 saturated carbocycles. The number of likely N-dealkylation sites (N-methyl/N-ethyl adjacent to an activating group) is 1. The minimum absolute atomic E-state index is 0.00349. The third-order valence-corrected chi connectivity index (χ3v) is 5.61. The third-order valence-electron chi connectivity index (χ3n) is 5.61. The van der Waals surface area contributed by atoms with Gasteiger partial charge in [0, 0.05) is 52.5 Å². The number of benzene rings is 1. The van der Waals surface area contributed by atoms with Crippen LogP contribution in [-0.4, -0.2) is 85.6 Å². The molecule has 1 amide bonds. The molecule has 2 saturated heterocycles. The molecular formula is C22H30F4N2O5. The van der Waals surface area contributed by atoms with Crippen LogP contribution in [0.2, 0.25) is 0 Å². The van der Waals surface area contributed by atoms with Gasteiger partial charge in [-0.2, -0.15) is 13.2 Å². The van der Waals surface area contributed by atoms with Gasteiger partial charge < -0.3 is 19.5 Å². The lowest BCUT2D eigenvalue weighted by Crippen LogP contribution is -2.64. The van der Waals surface area contributed by atoms with E-state index in [0.717, 1.165) is 44.5 Å². The number of nitrogens with zero attached hydrogens (tertiary/aromatic N) is 2. The van der Waals surface area contributed by atoms with Gasteiger partial charge in [0.1, 0.15) is 12.4 Å². The molecule has 1 spiro atoms. The number of carbonyl (C=O) groups excluding carboxylic acids is 1. The quantitative estimate of drug-likeness (QED) is 0.480. The predicted octanol–water partition coefficient (Wildman–Crippen LogP) is 2.93. The van der Waals surface area contributed by atoms with Gasteiger partial charge in [0.15, 0.2) is 0 Å². The van der Waals surface area contributed by atoms with Crippen LogP contribution >= 0.6 is 0 Å². The van der Waals surface area contributed by atoms with Gasteiger partial charge in [0.05, 0.1) is 5.60 Å². The molecule has 1 atom stereocenters. The number of hydrogen-bond donors (Lipinski definition) is 1. The van der Waals surface area contributed by atoms with E-state index in [0.29, 0.717) is 19.1 Å². The molecule has 0 radical (unpaired) electrons. The molecule has 1 aromatic rings. The third kappa shape index (κ3) is 8.56. The second-order valence-corrected chi connectivity index (χ2v) is 8.56. The monoisotopic (exact) mass is 478 g/mol. The number of alkyl halides is 3. The second-order valence-electron chi connectivity index (χ2n) is 8.56. The lowest BCUT2D eigenvalue weighted by Gasteiger charge is -2.53. The minimum Gasteiger partial charge on any atom is -0.475 e. The summed E-state index contributed by atoms with van der Waals surface area (Å²) in [4.78, 5) is 24.2. The van der Waals surface area contributed by atoms with Crippen molar-refractivity contribution in [2.45, 2.75) is 37.6 Å². The number of carbonyl (C=O) groups is 2. The van der Waals surface area contributed by atoms with Crippen LogP contribution in [0.15, 0.2) is 24.3 Å². The molecular weight excluding hydrogens is 448 g/mol. The molecule has 1 unspecified atom stereocenters. The van der Waals surface area contributed by atoms with Crippen molar-refractivity contribution in [2.75, 3.05) is 47.0 Å². The van der Waals surface area contributed by atoms with E-state index in [1.807, 2.05) is 12.1 Å². The Morgan fingerprint density at radius 3 is 2.48 bits per heavy atom. The Bertz CT molecular complexity index is 797. The van der Waals surface area contributed by atoms with E-state index in [9.17, 15) is 22.4 Å². The first-order valence-corrected chi connectivity index (χ1v) is 10.6. The maximum Gasteiger partial charge on any atom is 0.490 e. The summed E-state index contributed by atoms with van der Waals surface area (Å²) in [5.41, 5.74) is 0.668. The zero-order valence-corrected chi connectivity index (χ0v) is 18.7. The Hall–Kier alpha value is -2.24. The van der Waals surface area contributed by atoms with E-state index in [1.165, 1.54) is 6.07 Å². The van der Waals surface area contributed by atoms with Crippen molar-refractivity contribution in [3.8, 4) is 0 Å². The average Bonchev–Trinajstić information content (AvgIpc) is 2.71. The standard InChI is InChI=1S/C20H29FN2O3.C2HF3O2/c1-22(2)19(24)13-25-9-7-16-8-10-26-20(11-16)14-23(15-20)12-17-5-3-4-6-18(17)21;3-2(4,5)1(6)7/h3-6,16H,7-15H2,1-2H3;(H,6,7). The van der Waals surface area contributed by atoms with E-state index in [4.69, 9.17) is 19.4 Å². The molecule has 1 N–H and O–H groups in total. The van der Waals surface area contributed by atoms with Crippen molar-refractivity contribution in [1.29, 1.82) is 0 Å². The Morgan fingerprint density at radius 1 is 1.27 bits per heavy atom. The van der Waals surface area contributed by atoms with E-state index in [-0.39, 0.29) is 23.9 Å². The number of aliphatic carboxylic acids is 1. The molecule has 0 aromatic heterocycles. The van der Waals surface area contributed by atoms with Crippen LogP contribution < -0.4 is 0 Å². The smallest absolute Gasteiger partial charge is 0.475 e. The lowest BCUT2D eigenvalue weighted by molar-refractivity contribution is -0.192. The summed E-state index contributed by atoms with van der Waals surface area (Å²) < 4.78 is 57.1. The second kappa shape index (κ2) is 11.8. The number of carboxylic acids is 1. The minimum atomic E-state index is -5.08. The maximum atomic E-state index is 13.8. The van der Waals surface area contributed by atoms with E-state index in [1.54, 1.807) is 25.1 Å². The number of ether oxygens (including phenoxy) is 2. The molecule has 7 nitrogen and oxygen atoms in total. The molecule has 11 heteroatoms. The first-order chi connectivity index (χ1) is 15.4. The van der Waals surface area contributed by atoms with Crippen LogP contribution in [0.5, 0.6) is 0 Å². The number of amides is 1. The predicted molar refractivity (Wildman–Crippen MR) is 111 cm³/mol. The Morgan fingerprint density at radius 2 is 1.91 bits per heavy atom. The van der Waals surface area contributed by atoms with E-state index in [2.05, 4.69) is 4.90 Å². The van der Waals surface area contributed by atoms with Gasteiger partial charge >= 0.3 is 12.1 Å². The molecule has 3 rings (SSSR count). The van der Waals surface area contributed by atoms with Crippen LogP contribution in [0, 0.1) is 11.7 Å². The molecule has 186 valence electrons. The van der Waals surface area contributed by atoms with Crippen molar-refractivity contribution in [3.05, 3.63) is 35.6 Å². The van der Waals surface area contributed by atoms with E-state index >= 15 is 0 Å². The highest BCUT2D eigenvalue weighted by atomic mass is 19.4. The van der Waals surface area contributed by atoms with Gasteiger partial charge in [-0.05, 0) is 31.2 Å². The molecule has 2 heterocycles. The van der Waals surface area contributed by atoms with Crippen LogP contribution in [0.3, 0.4) is 0 Å². The Labute approximate surface area is 190 Å². The molecule has 2 aliphatic heterocycles. The summed E-state index contributed by atoms with van der Waals surface area (Å²) >= 11 is 0. The fourth-order valence-corrected chi connectivity index (χ4v) is 3.88. The topological polar surface area (TPSA) is 79.3 Å². The van der Waals surface area contributed by atoms with E-state index < -0.39 is 12.1 Å². The first kappa shape index (κ1) is 27.0. The summed E-state index contributed by atoms with van der Waals surface area (Å²) in [6.45, 7) is 3.89. The van der Waals surface area contributed by atoms with Gasteiger partial charge in [-0.1, -0.05) is 18.2 Å². The van der Waals surface area contributed by atoms with Gasteiger partial charge in [0.25, 0.3) is 0 Å². The molecule has 2 fully saturated rings. The fourth-order valence-electron chi connectivity index (χ4n) is 3.88. The fraction of sp³-hybridized carbons (Fsp3) is 0.636. The highest BCUT2D eigenvalue weighted by molar-refractivity contribution is 5.76. The van der Waals surface area contributed by atoms with Crippen LogP contribution in [-0.2, 0) is 25.6 Å². The normalized spacial score (nSPS) is 19.9. The number of hydrogen-bond acceptors (Lipinski definition) is 5. The summed E-state index contributed by atoms with van der Waals surface area (Å²) in [7, 11) is 3.47. The highest BCUT2D eigenvalue weighted by Crippen LogP contribution is 2.38. The number of rotatable bonds is 7. The Kier molecular flexibility index (Phi) is 9.62. The zero-order valence-electron chi connectivity index (χ0n) is 18.7. The zero-order chi connectivity index (χ0) is 24.6. The van der Waals surface area contributed by atoms with Gasteiger partial charge in [-0.15, -0.1) is 0 Å². The van der Waals surface area contributed by atoms with Crippen molar-refractivity contribution in [2.24, 2.45) is 5.92 Å². The largest absolute Gasteiger partial charge is 0.490 e. The summed E-state index contributed by atoms with van der Waals surface area (Å²) in [6.07, 6.45) is -2.06. The van der Waals surface area contributed by atoms with Crippen LogP contribution in [0.25, 0.3) is 0 Å². The van der Waals surface area contributed by atoms with Crippen LogP contribution in [0.1, 0.15) is 24.8 Å². The molecule has 2 aliphatic rings. The van der Waals surface area contributed by atoms with Crippen molar-refractivity contribution in [3.63, 3.8) is 0 Å². The van der Waals surface area contributed by atoms with Crippen molar-refractivity contribution in [1.82, 2.24) is 9.80 Å². The van der Waals surface area contributed by atoms with Gasteiger partial charge in [-0.3, -0.25) is 9.69 Å². The average molecular weight is 478 g/mol. The van der Waals surface area contributed by atoms with Crippen molar-refractivity contribution >= 4 is 11.9 Å². The van der Waals surface area contributed by atoms with Crippen molar-refractivity contribution < 1.29 is 41.7 Å². The summed E-state index contributed by atoms with van der Waals surface area (Å²) in [5, 5.41) is 7.12. The number of likely N-dealkylation sites (tertiary alicyclic amines) is 1. The number of carboxylic acid groups (broad SMARTS) is 1. The maximum absolute atomic E-state index is 13.8. The highest BCUT2D eigenvalue weighted by Gasteiger charge is 2.47. The lowest BCUT2D eigenvalue weighted by atomic mass is 9.79. The summed E-state index contributed by atoms with van der Waals surface area (Å²) in [6, 6.07) is 6.96. The van der Waals surface area contributed by atoms with Gasteiger partial charge in [0.2, 0.25) is 5.91 Å². The van der Waals surface area contributed by atoms with Gasteiger partial charge in [-0.25, -0.2) is 9.18 Å². The molecule has 0 bridgehead atoms. The molecule has 1 aromatic carbocycles. The molecule has 0 aliphatic carbocycles.